The van der Waals surface area contributed by atoms with Crippen molar-refractivity contribution >= 4 is 28.2 Å². The monoisotopic (exact) mass is 348 g/mol. The Morgan fingerprint density at radius 3 is 2.79 bits per heavy atom. The Kier molecular flexibility index (Phi) is 4.42. The van der Waals surface area contributed by atoms with E-state index in [0.29, 0.717) is 22.3 Å². The van der Waals surface area contributed by atoms with Gasteiger partial charge in [0.25, 0.3) is 11.8 Å². The zero-order chi connectivity index (χ0) is 17.4. The lowest BCUT2D eigenvalue weighted by Crippen LogP contribution is -2.35. The smallest absolute Gasteiger partial charge is 0.294 e. The van der Waals surface area contributed by atoms with Crippen molar-refractivity contribution < 1.29 is 14.1 Å². The highest BCUT2D eigenvalue weighted by atomic mass is 32.1. The van der Waals surface area contributed by atoms with Crippen LogP contribution in [0.5, 0.6) is 0 Å². The normalized spacial score (nSPS) is 14.7. The molecule has 0 atom stereocenters. The second-order valence-electron chi connectivity index (χ2n) is 6.17. The van der Waals surface area contributed by atoms with Gasteiger partial charge < -0.3 is 15.6 Å². The number of anilines is 1. The largest absolute Gasteiger partial charge is 0.365 e. The molecule has 3 heterocycles. The van der Waals surface area contributed by atoms with Crippen LogP contribution in [0.1, 0.15) is 50.9 Å². The number of primary amides is 1. The molecule has 24 heavy (non-hydrogen) atoms. The topological polar surface area (TPSA) is 101 Å². The molecular formula is C16H20N4O3S. The molecule has 0 saturated heterocycles. The van der Waals surface area contributed by atoms with Gasteiger partial charge in [-0.1, -0.05) is 5.16 Å². The predicted octanol–water partition coefficient (Wildman–Crippen LogP) is 2.16. The second kappa shape index (κ2) is 6.37. The van der Waals surface area contributed by atoms with Gasteiger partial charge in [-0.05, 0) is 32.8 Å². The molecule has 128 valence electrons. The van der Waals surface area contributed by atoms with Gasteiger partial charge in [-0.25, -0.2) is 0 Å². The molecule has 0 aromatic carbocycles. The van der Waals surface area contributed by atoms with Gasteiger partial charge in [-0.15, -0.1) is 11.3 Å². The average Bonchev–Trinajstić information content (AvgIpc) is 3.09. The summed E-state index contributed by atoms with van der Waals surface area (Å²) in [5.41, 5.74) is 7.55. The molecule has 0 spiro atoms. The van der Waals surface area contributed by atoms with Crippen molar-refractivity contribution in [1.29, 1.82) is 0 Å². The van der Waals surface area contributed by atoms with Crippen molar-refractivity contribution in [3.8, 4) is 0 Å². The Hall–Kier alpha value is -2.19. The van der Waals surface area contributed by atoms with Crippen LogP contribution in [-0.4, -0.2) is 34.5 Å². The molecule has 0 fully saturated rings. The third-order valence-electron chi connectivity index (χ3n) is 4.14. The summed E-state index contributed by atoms with van der Waals surface area (Å²) in [6.45, 7) is 7.65. The highest BCUT2D eigenvalue weighted by Crippen LogP contribution is 2.37. The van der Waals surface area contributed by atoms with Gasteiger partial charge in [0.05, 0.1) is 11.3 Å². The Morgan fingerprint density at radius 1 is 1.46 bits per heavy atom. The molecule has 0 aliphatic carbocycles. The summed E-state index contributed by atoms with van der Waals surface area (Å²) in [7, 11) is 0. The molecular weight excluding hydrogens is 328 g/mol. The van der Waals surface area contributed by atoms with E-state index in [0.717, 1.165) is 30.0 Å². The number of rotatable bonds is 4. The van der Waals surface area contributed by atoms with Crippen LogP contribution < -0.4 is 11.1 Å². The third kappa shape index (κ3) is 3.07. The number of hydrogen-bond donors (Lipinski definition) is 2. The summed E-state index contributed by atoms with van der Waals surface area (Å²) in [4.78, 5) is 27.6. The van der Waals surface area contributed by atoms with E-state index >= 15 is 0 Å². The Labute approximate surface area is 143 Å². The van der Waals surface area contributed by atoms with Crippen molar-refractivity contribution in [2.75, 3.05) is 11.9 Å². The quantitative estimate of drug-likeness (QED) is 0.881. The summed E-state index contributed by atoms with van der Waals surface area (Å²) in [6, 6.07) is 1.97. The summed E-state index contributed by atoms with van der Waals surface area (Å²) in [5, 5.41) is 6.93. The zero-order valence-electron chi connectivity index (χ0n) is 13.9. The van der Waals surface area contributed by atoms with Crippen LogP contribution in [-0.2, 0) is 13.0 Å². The molecule has 2 aromatic heterocycles. The lowest BCUT2D eigenvalue weighted by molar-refractivity contribution is 0.0988. The number of aryl methyl sites for hydroxylation is 1. The number of nitrogens with one attached hydrogen (secondary N) is 1. The standard InChI is InChI=1S/C16H20N4O3S/c1-8(2)20-5-4-10-12(7-20)24-16(13(10)14(17)21)18-15(22)11-6-9(3)19-23-11/h6,8H,4-5,7H2,1-3H3,(H2,17,21)(H,18,22). The minimum atomic E-state index is -0.519. The number of nitrogens with zero attached hydrogens (tertiary/aromatic N) is 2. The molecule has 1 aliphatic heterocycles. The van der Waals surface area contributed by atoms with Crippen molar-refractivity contribution in [2.45, 2.75) is 39.8 Å². The first-order valence-corrected chi connectivity index (χ1v) is 8.61. The lowest BCUT2D eigenvalue weighted by atomic mass is 10.0. The maximum Gasteiger partial charge on any atom is 0.294 e. The van der Waals surface area contributed by atoms with Crippen molar-refractivity contribution in [1.82, 2.24) is 10.1 Å². The number of nitrogens with two attached hydrogens (primary N) is 1. The van der Waals surface area contributed by atoms with Crippen LogP contribution in [0, 0.1) is 6.92 Å². The first-order valence-electron chi connectivity index (χ1n) is 7.80. The van der Waals surface area contributed by atoms with E-state index in [1.54, 1.807) is 13.0 Å². The first kappa shape index (κ1) is 16.7. The van der Waals surface area contributed by atoms with Crippen molar-refractivity contribution in [3.63, 3.8) is 0 Å². The van der Waals surface area contributed by atoms with Crippen molar-refractivity contribution in [2.24, 2.45) is 5.73 Å². The SMILES string of the molecule is Cc1cc(C(=O)Nc2sc3c(c2C(N)=O)CCN(C(C)C)C3)on1. The molecule has 0 bridgehead atoms. The summed E-state index contributed by atoms with van der Waals surface area (Å²) < 4.78 is 4.97. The molecule has 0 unspecified atom stereocenters. The van der Waals surface area contributed by atoms with Crippen LogP contribution in [0.2, 0.25) is 0 Å². The van der Waals surface area contributed by atoms with Crippen molar-refractivity contribution in [3.05, 3.63) is 33.5 Å². The number of hydrogen-bond acceptors (Lipinski definition) is 6. The van der Waals surface area contributed by atoms with Crippen LogP contribution in [0.25, 0.3) is 0 Å². The Balaban J connectivity index is 1.91. The number of carbonyl (C=O) groups is 2. The fourth-order valence-electron chi connectivity index (χ4n) is 2.85. The molecule has 0 saturated carbocycles. The highest BCUT2D eigenvalue weighted by Gasteiger charge is 2.29. The third-order valence-corrected chi connectivity index (χ3v) is 5.27. The summed E-state index contributed by atoms with van der Waals surface area (Å²) >= 11 is 1.40. The van der Waals surface area contributed by atoms with Crippen LogP contribution in [0.15, 0.2) is 10.6 Å². The summed E-state index contributed by atoms with van der Waals surface area (Å²) in [5.74, 6) is -0.843. The molecule has 2 aromatic rings. The van der Waals surface area contributed by atoms with E-state index in [9.17, 15) is 9.59 Å². The minimum absolute atomic E-state index is 0.109. The molecule has 7 nitrogen and oxygen atoms in total. The van der Waals surface area contributed by atoms with E-state index < -0.39 is 11.8 Å². The highest BCUT2D eigenvalue weighted by molar-refractivity contribution is 7.17. The molecule has 8 heteroatoms. The molecule has 3 rings (SSSR count). The fraction of sp³-hybridized carbons (Fsp3) is 0.438. The maximum absolute atomic E-state index is 12.3. The van der Waals surface area contributed by atoms with E-state index in [1.165, 1.54) is 11.3 Å². The summed E-state index contributed by atoms with van der Waals surface area (Å²) in [6.07, 6.45) is 0.750. The average molecular weight is 348 g/mol. The number of amides is 2. The molecule has 1 aliphatic rings. The first-order chi connectivity index (χ1) is 11.4. The van der Waals surface area contributed by atoms with E-state index in [-0.39, 0.29) is 5.76 Å². The van der Waals surface area contributed by atoms with Crippen LogP contribution in [0.3, 0.4) is 0 Å². The molecule has 3 N–H and O–H groups in total. The van der Waals surface area contributed by atoms with E-state index in [1.807, 2.05) is 0 Å². The molecule has 2 amide bonds. The number of carbonyl (C=O) groups excluding carboxylic acids is 2. The van der Waals surface area contributed by atoms with Gasteiger partial charge >= 0.3 is 0 Å². The Bertz CT molecular complexity index is 793. The zero-order valence-corrected chi connectivity index (χ0v) is 14.7. The van der Waals surface area contributed by atoms with Gasteiger partial charge in [0, 0.05) is 30.1 Å². The minimum Gasteiger partial charge on any atom is -0.365 e. The number of thiophene rings is 1. The Morgan fingerprint density at radius 2 is 2.21 bits per heavy atom. The van der Waals surface area contributed by atoms with Gasteiger partial charge in [0.1, 0.15) is 5.00 Å². The van der Waals surface area contributed by atoms with Gasteiger partial charge in [0.2, 0.25) is 5.76 Å². The number of fused-ring (bicyclic) bond motifs is 1. The van der Waals surface area contributed by atoms with Crippen LogP contribution in [0.4, 0.5) is 5.00 Å². The number of aromatic nitrogens is 1. The predicted molar refractivity (Wildman–Crippen MR) is 91.3 cm³/mol. The van der Waals surface area contributed by atoms with E-state index in [2.05, 4.69) is 29.2 Å². The van der Waals surface area contributed by atoms with Gasteiger partial charge in [0.15, 0.2) is 0 Å². The van der Waals surface area contributed by atoms with E-state index in [4.69, 9.17) is 10.3 Å². The molecule has 0 radical (unpaired) electrons. The second-order valence-corrected chi connectivity index (χ2v) is 7.28. The maximum atomic E-state index is 12.3. The van der Waals surface area contributed by atoms with Gasteiger partial charge in [-0.2, -0.15) is 0 Å². The van der Waals surface area contributed by atoms with Gasteiger partial charge in [-0.3, -0.25) is 14.5 Å². The van der Waals surface area contributed by atoms with Crippen LogP contribution >= 0.6 is 11.3 Å². The lowest BCUT2D eigenvalue weighted by Gasteiger charge is -2.30. The fourth-order valence-corrected chi connectivity index (χ4v) is 4.12.